The van der Waals surface area contributed by atoms with E-state index in [1.807, 2.05) is 43.3 Å². The maximum Gasteiger partial charge on any atom is 0.251 e. The van der Waals surface area contributed by atoms with Crippen molar-refractivity contribution in [3.8, 4) is 5.75 Å². The first kappa shape index (κ1) is 13.1. The fourth-order valence-electron chi connectivity index (χ4n) is 1.84. The second-order valence-electron chi connectivity index (χ2n) is 4.50. The van der Waals surface area contributed by atoms with Gasteiger partial charge in [0.15, 0.2) is 0 Å². The minimum absolute atomic E-state index is 0.0876. The minimum Gasteiger partial charge on any atom is -0.508 e. The van der Waals surface area contributed by atoms with E-state index in [9.17, 15) is 9.90 Å². The molecule has 2 aromatic rings. The first-order chi connectivity index (χ1) is 9.16. The predicted molar refractivity (Wildman–Crippen MR) is 75.3 cm³/mol. The average molecular weight is 255 g/mol. The van der Waals surface area contributed by atoms with Crippen LogP contribution in [0.15, 0.2) is 48.5 Å². The number of rotatable bonds is 4. The molecule has 2 N–H and O–H groups in total. The Morgan fingerprint density at radius 2 is 1.79 bits per heavy atom. The van der Waals surface area contributed by atoms with Crippen LogP contribution in [0.5, 0.6) is 5.75 Å². The zero-order valence-electron chi connectivity index (χ0n) is 10.9. The number of phenolic OH excluding ortho intramolecular Hbond substituents is 1. The van der Waals surface area contributed by atoms with Gasteiger partial charge in [-0.25, -0.2) is 0 Å². The highest BCUT2D eigenvalue weighted by Crippen LogP contribution is 2.15. The van der Waals surface area contributed by atoms with E-state index < -0.39 is 0 Å². The summed E-state index contributed by atoms with van der Waals surface area (Å²) in [6.45, 7) is 2.49. The molecular formula is C16H17NO2. The molecule has 0 radical (unpaired) electrons. The summed E-state index contributed by atoms with van der Waals surface area (Å²) < 4.78 is 0. The number of aryl methyl sites for hydroxylation is 1. The van der Waals surface area contributed by atoms with E-state index in [2.05, 4.69) is 5.32 Å². The van der Waals surface area contributed by atoms with E-state index in [4.69, 9.17) is 0 Å². The van der Waals surface area contributed by atoms with Crippen molar-refractivity contribution in [3.05, 3.63) is 65.2 Å². The third-order valence-electron chi connectivity index (χ3n) is 2.99. The highest BCUT2D eigenvalue weighted by Gasteiger charge is 2.05. The Morgan fingerprint density at radius 1 is 1.11 bits per heavy atom. The van der Waals surface area contributed by atoms with Gasteiger partial charge in [0.1, 0.15) is 5.75 Å². The van der Waals surface area contributed by atoms with Crippen molar-refractivity contribution in [2.45, 2.75) is 13.3 Å². The molecule has 0 saturated carbocycles. The molecule has 0 spiro atoms. The van der Waals surface area contributed by atoms with Crippen LogP contribution >= 0.6 is 0 Å². The molecule has 0 aliphatic heterocycles. The number of benzene rings is 2. The molecule has 0 saturated heterocycles. The molecule has 0 aliphatic carbocycles. The lowest BCUT2D eigenvalue weighted by Gasteiger charge is -2.07. The van der Waals surface area contributed by atoms with Gasteiger partial charge >= 0.3 is 0 Å². The molecule has 1 amide bonds. The number of hydrogen-bond donors (Lipinski definition) is 2. The summed E-state index contributed by atoms with van der Waals surface area (Å²) in [5.74, 6) is 0.183. The van der Waals surface area contributed by atoms with Crippen LogP contribution in [0.2, 0.25) is 0 Å². The summed E-state index contributed by atoms with van der Waals surface area (Å²) in [6, 6.07) is 14.6. The monoisotopic (exact) mass is 255 g/mol. The second kappa shape index (κ2) is 6.05. The van der Waals surface area contributed by atoms with E-state index in [-0.39, 0.29) is 11.7 Å². The number of phenols is 1. The third-order valence-corrected chi connectivity index (χ3v) is 2.99. The quantitative estimate of drug-likeness (QED) is 0.882. The molecule has 3 nitrogen and oxygen atoms in total. The van der Waals surface area contributed by atoms with Crippen LogP contribution in [-0.4, -0.2) is 17.6 Å². The van der Waals surface area contributed by atoms with Gasteiger partial charge in [-0.1, -0.05) is 35.9 Å². The SMILES string of the molecule is Cc1ccc(C(=O)NCCc2ccccc2O)cc1. The van der Waals surface area contributed by atoms with Gasteiger partial charge in [0.25, 0.3) is 5.91 Å². The Labute approximate surface area is 112 Å². The smallest absolute Gasteiger partial charge is 0.251 e. The summed E-state index contributed by atoms with van der Waals surface area (Å²) >= 11 is 0. The zero-order chi connectivity index (χ0) is 13.7. The molecule has 0 atom stereocenters. The molecule has 2 aromatic carbocycles. The van der Waals surface area contributed by atoms with Crippen LogP contribution in [0, 0.1) is 6.92 Å². The fraction of sp³-hybridized carbons (Fsp3) is 0.188. The van der Waals surface area contributed by atoms with Crippen molar-refractivity contribution in [1.82, 2.24) is 5.32 Å². The van der Waals surface area contributed by atoms with Gasteiger partial charge in [-0.2, -0.15) is 0 Å². The molecule has 2 rings (SSSR count). The standard InChI is InChI=1S/C16H17NO2/c1-12-6-8-14(9-7-12)16(19)17-11-10-13-4-2-3-5-15(13)18/h2-9,18H,10-11H2,1H3,(H,17,19). The number of para-hydroxylation sites is 1. The van der Waals surface area contributed by atoms with Gasteiger partial charge < -0.3 is 10.4 Å². The minimum atomic E-state index is -0.0876. The lowest BCUT2D eigenvalue weighted by molar-refractivity contribution is 0.0954. The lowest BCUT2D eigenvalue weighted by Crippen LogP contribution is -2.25. The highest BCUT2D eigenvalue weighted by atomic mass is 16.3. The molecule has 0 bridgehead atoms. The number of hydrogen-bond acceptors (Lipinski definition) is 2. The van der Waals surface area contributed by atoms with E-state index in [0.717, 1.165) is 11.1 Å². The second-order valence-corrected chi connectivity index (χ2v) is 4.50. The van der Waals surface area contributed by atoms with Crippen molar-refractivity contribution in [2.24, 2.45) is 0 Å². The van der Waals surface area contributed by atoms with Gasteiger partial charge in [0.05, 0.1) is 0 Å². The molecule has 19 heavy (non-hydrogen) atoms. The lowest BCUT2D eigenvalue weighted by atomic mass is 10.1. The number of amides is 1. The summed E-state index contributed by atoms with van der Waals surface area (Å²) in [5, 5.41) is 12.5. The molecule has 98 valence electrons. The maximum atomic E-state index is 11.9. The van der Waals surface area contributed by atoms with Crippen molar-refractivity contribution in [2.75, 3.05) is 6.54 Å². The summed E-state index contributed by atoms with van der Waals surface area (Å²) in [4.78, 5) is 11.9. The van der Waals surface area contributed by atoms with Crippen molar-refractivity contribution in [3.63, 3.8) is 0 Å². The van der Waals surface area contributed by atoms with E-state index in [0.29, 0.717) is 18.5 Å². The van der Waals surface area contributed by atoms with Crippen molar-refractivity contribution in [1.29, 1.82) is 0 Å². The fourth-order valence-corrected chi connectivity index (χ4v) is 1.84. The molecule has 0 aromatic heterocycles. The predicted octanol–water partition coefficient (Wildman–Crippen LogP) is 2.67. The van der Waals surface area contributed by atoms with E-state index in [1.165, 1.54) is 0 Å². The number of carbonyl (C=O) groups is 1. The Balaban J connectivity index is 1.88. The van der Waals surface area contributed by atoms with Crippen molar-refractivity contribution < 1.29 is 9.90 Å². The van der Waals surface area contributed by atoms with Gasteiger partial charge in [-0.05, 0) is 37.1 Å². The Hall–Kier alpha value is -2.29. The summed E-state index contributed by atoms with van der Waals surface area (Å²) in [5.41, 5.74) is 2.63. The van der Waals surface area contributed by atoms with Crippen LogP contribution < -0.4 is 5.32 Å². The molecule has 0 unspecified atom stereocenters. The third kappa shape index (κ3) is 3.58. The van der Waals surface area contributed by atoms with Crippen LogP contribution in [0.1, 0.15) is 21.5 Å². The number of aromatic hydroxyl groups is 1. The number of nitrogens with one attached hydrogen (secondary N) is 1. The largest absolute Gasteiger partial charge is 0.508 e. The number of carbonyl (C=O) groups excluding carboxylic acids is 1. The van der Waals surface area contributed by atoms with Crippen LogP contribution in [-0.2, 0) is 6.42 Å². The Bertz CT molecular complexity index is 561. The van der Waals surface area contributed by atoms with E-state index in [1.54, 1.807) is 12.1 Å². The molecule has 0 aliphatic rings. The Morgan fingerprint density at radius 3 is 2.47 bits per heavy atom. The first-order valence-corrected chi connectivity index (χ1v) is 6.28. The Kier molecular flexibility index (Phi) is 4.18. The molecule has 0 fully saturated rings. The van der Waals surface area contributed by atoms with Gasteiger partial charge in [0, 0.05) is 12.1 Å². The maximum absolute atomic E-state index is 11.9. The molecule has 3 heteroatoms. The zero-order valence-corrected chi connectivity index (χ0v) is 10.9. The normalized spacial score (nSPS) is 10.2. The summed E-state index contributed by atoms with van der Waals surface area (Å²) in [7, 11) is 0. The van der Waals surface area contributed by atoms with Gasteiger partial charge in [-0.15, -0.1) is 0 Å². The molecule has 0 heterocycles. The van der Waals surface area contributed by atoms with Gasteiger partial charge in [-0.3, -0.25) is 4.79 Å². The molecular weight excluding hydrogens is 238 g/mol. The van der Waals surface area contributed by atoms with Crippen LogP contribution in [0.4, 0.5) is 0 Å². The average Bonchev–Trinajstić information content (AvgIpc) is 2.41. The highest BCUT2D eigenvalue weighted by molar-refractivity contribution is 5.94. The van der Waals surface area contributed by atoms with Crippen molar-refractivity contribution >= 4 is 5.91 Å². The van der Waals surface area contributed by atoms with Crippen LogP contribution in [0.3, 0.4) is 0 Å². The topological polar surface area (TPSA) is 49.3 Å². The first-order valence-electron chi connectivity index (χ1n) is 6.28. The van der Waals surface area contributed by atoms with Gasteiger partial charge in [0.2, 0.25) is 0 Å². The van der Waals surface area contributed by atoms with E-state index >= 15 is 0 Å². The summed E-state index contributed by atoms with van der Waals surface area (Å²) in [6.07, 6.45) is 0.615. The van der Waals surface area contributed by atoms with Crippen LogP contribution in [0.25, 0.3) is 0 Å².